The van der Waals surface area contributed by atoms with Crippen LogP contribution in [-0.4, -0.2) is 22.0 Å². The van der Waals surface area contributed by atoms with Crippen molar-refractivity contribution in [1.82, 2.24) is 14.9 Å². The molecule has 4 rings (SSSR count). The normalized spacial score (nSPS) is 14.7. The quantitative estimate of drug-likeness (QED) is 0.608. The number of nitrogens with one attached hydrogen (secondary N) is 2. The summed E-state index contributed by atoms with van der Waals surface area (Å²) in [5, 5.41) is 2.93. The lowest BCUT2D eigenvalue weighted by molar-refractivity contribution is 0.0954. The van der Waals surface area contributed by atoms with E-state index >= 15 is 0 Å². The number of carbonyl (C=O) groups excluding carboxylic acids is 1. The van der Waals surface area contributed by atoms with E-state index in [1.165, 1.54) is 0 Å². The van der Waals surface area contributed by atoms with Crippen LogP contribution in [0.2, 0.25) is 0 Å². The summed E-state index contributed by atoms with van der Waals surface area (Å²) in [6.45, 7) is 0.542. The molecular weight excluding hydrogens is 340 g/mol. The van der Waals surface area contributed by atoms with Gasteiger partial charge in [0, 0.05) is 23.8 Å². The average molecular weight is 364 g/mol. The van der Waals surface area contributed by atoms with Gasteiger partial charge in [-0.3, -0.25) is 9.36 Å². The van der Waals surface area contributed by atoms with E-state index in [4.69, 9.17) is 5.73 Å². The maximum Gasteiger partial charge on any atom is 0.326 e. The molecule has 3 aromatic rings. The molecule has 0 radical (unpaired) electrons. The SMILES string of the molecule is Nc1ccc(CCNC(=O)c2ccc3c(c2)[nH]c(=O)n3C2CCCC2)cc1. The van der Waals surface area contributed by atoms with Gasteiger partial charge in [0.15, 0.2) is 0 Å². The number of rotatable bonds is 5. The Bertz CT molecular complexity index is 1010. The maximum atomic E-state index is 12.5. The second-order valence-corrected chi connectivity index (χ2v) is 7.22. The van der Waals surface area contributed by atoms with Crippen LogP contribution in [0.15, 0.2) is 47.3 Å². The van der Waals surface area contributed by atoms with Crippen molar-refractivity contribution in [3.63, 3.8) is 0 Å². The van der Waals surface area contributed by atoms with E-state index in [-0.39, 0.29) is 17.6 Å². The number of amides is 1. The minimum absolute atomic E-state index is 0.0854. The van der Waals surface area contributed by atoms with E-state index < -0.39 is 0 Å². The minimum Gasteiger partial charge on any atom is -0.399 e. The van der Waals surface area contributed by atoms with Gasteiger partial charge in [-0.2, -0.15) is 0 Å². The van der Waals surface area contributed by atoms with E-state index in [1.807, 2.05) is 34.9 Å². The molecule has 1 aliphatic carbocycles. The van der Waals surface area contributed by atoms with Crippen molar-refractivity contribution in [3.8, 4) is 0 Å². The molecule has 2 aromatic carbocycles. The fraction of sp³-hybridized carbons (Fsp3) is 0.333. The van der Waals surface area contributed by atoms with Crippen LogP contribution in [0.4, 0.5) is 5.69 Å². The average Bonchev–Trinajstić information content (AvgIpc) is 3.29. The highest BCUT2D eigenvalue weighted by Crippen LogP contribution is 2.30. The summed E-state index contributed by atoms with van der Waals surface area (Å²) in [7, 11) is 0. The number of nitrogen functional groups attached to an aromatic ring is 1. The van der Waals surface area contributed by atoms with Crippen molar-refractivity contribution in [2.24, 2.45) is 0 Å². The number of benzene rings is 2. The number of hydrogen-bond donors (Lipinski definition) is 3. The van der Waals surface area contributed by atoms with Gasteiger partial charge in [-0.25, -0.2) is 4.79 Å². The van der Waals surface area contributed by atoms with Crippen molar-refractivity contribution in [3.05, 3.63) is 64.1 Å². The summed E-state index contributed by atoms with van der Waals surface area (Å²) in [6.07, 6.45) is 5.15. The highest BCUT2D eigenvalue weighted by molar-refractivity contribution is 5.97. The summed E-state index contributed by atoms with van der Waals surface area (Å²) < 4.78 is 1.85. The molecule has 0 spiro atoms. The number of hydrogen-bond acceptors (Lipinski definition) is 3. The van der Waals surface area contributed by atoms with Crippen LogP contribution in [0.3, 0.4) is 0 Å². The van der Waals surface area contributed by atoms with E-state index in [0.717, 1.165) is 54.4 Å². The smallest absolute Gasteiger partial charge is 0.326 e. The number of imidazole rings is 1. The van der Waals surface area contributed by atoms with Crippen molar-refractivity contribution in [1.29, 1.82) is 0 Å². The molecule has 1 heterocycles. The first-order valence-corrected chi connectivity index (χ1v) is 9.49. The monoisotopic (exact) mass is 364 g/mol. The van der Waals surface area contributed by atoms with Crippen molar-refractivity contribution in [2.45, 2.75) is 38.1 Å². The molecule has 0 saturated heterocycles. The third kappa shape index (κ3) is 3.60. The molecule has 0 atom stereocenters. The number of nitrogens with two attached hydrogens (primary N) is 1. The summed E-state index contributed by atoms with van der Waals surface area (Å²) in [5.41, 5.74) is 9.60. The molecule has 1 amide bonds. The Morgan fingerprint density at radius 3 is 2.63 bits per heavy atom. The van der Waals surface area contributed by atoms with Crippen LogP contribution < -0.4 is 16.7 Å². The number of anilines is 1. The molecule has 1 aliphatic rings. The van der Waals surface area contributed by atoms with Crippen LogP contribution in [0, 0.1) is 0 Å². The number of nitrogens with zero attached hydrogens (tertiary/aromatic N) is 1. The Morgan fingerprint density at radius 1 is 1.15 bits per heavy atom. The van der Waals surface area contributed by atoms with Gasteiger partial charge in [0.1, 0.15) is 0 Å². The third-order valence-electron chi connectivity index (χ3n) is 5.35. The summed E-state index contributed by atoms with van der Waals surface area (Å²) in [5.74, 6) is -0.137. The second kappa shape index (κ2) is 7.31. The van der Waals surface area contributed by atoms with Crippen LogP contribution in [0.1, 0.15) is 47.6 Å². The van der Waals surface area contributed by atoms with Gasteiger partial charge < -0.3 is 16.0 Å². The fourth-order valence-electron chi connectivity index (χ4n) is 3.90. The minimum atomic E-state index is -0.137. The molecule has 6 heteroatoms. The van der Waals surface area contributed by atoms with Crippen LogP contribution in [-0.2, 0) is 6.42 Å². The molecule has 1 saturated carbocycles. The number of aromatic nitrogens is 2. The Kier molecular flexibility index (Phi) is 4.71. The standard InChI is InChI=1S/C21H24N4O2/c22-16-8-5-14(6-9-16)11-12-23-20(26)15-7-10-19-18(13-15)24-21(27)25(19)17-3-1-2-4-17/h5-10,13,17H,1-4,11-12,22H2,(H,23,26)(H,24,27). The van der Waals surface area contributed by atoms with Gasteiger partial charge in [0.2, 0.25) is 0 Å². The largest absolute Gasteiger partial charge is 0.399 e. The highest BCUT2D eigenvalue weighted by Gasteiger charge is 2.21. The van der Waals surface area contributed by atoms with Crippen LogP contribution in [0.5, 0.6) is 0 Å². The molecule has 4 N–H and O–H groups in total. The Labute approximate surface area is 157 Å². The predicted molar refractivity (Wildman–Crippen MR) is 107 cm³/mol. The van der Waals surface area contributed by atoms with Gasteiger partial charge in [-0.1, -0.05) is 25.0 Å². The van der Waals surface area contributed by atoms with Crippen LogP contribution in [0.25, 0.3) is 11.0 Å². The van der Waals surface area contributed by atoms with E-state index in [1.54, 1.807) is 12.1 Å². The summed E-state index contributed by atoms with van der Waals surface area (Å²) in [4.78, 5) is 27.7. The number of carbonyl (C=O) groups is 1. The lowest BCUT2D eigenvalue weighted by Crippen LogP contribution is -2.25. The van der Waals surface area contributed by atoms with Crippen molar-refractivity contribution in [2.75, 3.05) is 12.3 Å². The Hall–Kier alpha value is -3.02. The first kappa shape index (κ1) is 17.4. The lowest BCUT2D eigenvalue weighted by atomic mass is 10.1. The first-order chi connectivity index (χ1) is 13.1. The molecule has 0 bridgehead atoms. The molecule has 0 aliphatic heterocycles. The fourth-order valence-corrected chi connectivity index (χ4v) is 3.90. The lowest BCUT2D eigenvalue weighted by Gasteiger charge is -2.11. The molecule has 27 heavy (non-hydrogen) atoms. The zero-order chi connectivity index (χ0) is 18.8. The van der Waals surface area contributed by atoms with Gasteiger partial charge >= 0.3 is 5.69 Å². The predicted octanol–water partition coefficient (Wildman–Crippen LogP) is 3.00. The first-order valence-electron chi connectivity index (χ1n) is 9.49. The summed E-state index contributed by atoms with van der Waals surface area (Å²) >= 11 is 0. The molecule has 140 valence electrons. The van der Waals surface area contributed by atoms with Gasteiger partial charge in [0.25, 0.3) is 5.91 Å². The second-order valence-electron chi connectivity index (χ2n) is 7.22. The molecule has 0 unspecified atom stereocenters. The zero-order valence-electron chi connectivity index (χ0n) is 15.2. The van der Waals surface area contributed by atoms with E-state index in [9.17, 15) is 9.59 Å². The highest BCUT2D eigenvalue weighted by atomic mass is 16.2. The molecule has 1 aromatic heterocycles. The zero-order valence-corrected chi connectivity index (χ0v) is 15.2. The van der Waals surface area contributed by atoms with Crippen LogP contribution >= 0.6 is 0 Å². The van der Waals surface area contributed by atoms with Gasteiger partial charge in [0.05, 0.1) is 11.0 Å². The van der Waals surface area contributed by atoms with Crippen molar-refractivity contribution < 1.29 is 4.79 Å². The van der Waals surface area contributed by atoms with Gasteiger partial charge in [-0.05, 0) is 55.2 Å². The molecule has 1 fully saturated rings. The topological polar surface area (TPSA) is 92.9 Å². The summed E-state index contributed by atoms with van der Waals surface area (Å²) in [6, 6.07) is 13.3. The molecular formula is C21H24N4O2. The van der Waals surface area contributed by atoms with E-state index in [0.29, 0.717) is 12.1 Å². The Morgan fingerprint density at radius 2 is 1.89 bits per heavy atom. The molecule has 6 nitrogen and oxygen atoms in total. The maximum absolute atomic E-state index is 12.5. The third-order valence-corrected chi connectivity index (χ3v) is 5.35. The number of fused-ring (bicyclic) bond motifs is 1. The number of aromatic amines is 1. The Balaban J connectivity index is 1.46. The van der Waals surface area contributed by atoms with E-state index in [2.05, 4.69) is 10.3 Å². The number of H-pyrrole nitrogens is 1. The van der Waals surface area contributed by atoms with Crippen molar-refractivity contribution >= 4 is 22.6 Å². The van der Waals surface area contributed by atoms with Gasteiger partial charge in [-0.15, -0.1) is 0 Å².